The number of pyridine rings is 3. The maximum absolute atomic E-state index is 7.54. The third kappa shape index (κ3) is 9.37. The zero-order valence-corrected chi connectivity index (χ0v) is 33.6. The number of hydrogen-bond donors (Lipinski definition) is 3. The Bertz CT molecular complexity index is 2590. The van der Waals surface area contributed by atoms with E-state index in [1.54, 1.807) is 6.07 Å². The van der Waals surface area contributed by atoms with Crippen LogP contribution >= 0.6 is 0 Å². The van der Waals surface area contributed by atoms with Crippen molar-refractivity contribution in [2.75, 3.05) is 5.32 Å². The second kappa shape index (κ2) is 19.7. The molecule has 6 nitrogen and oxygen atoms in total. The lowest BCUT2D eigenvalue weighted by Crippen LogP contribution is -2.18. The van der Waals surface area contributed by atoms with Gasteiger partial charge in [-0.3, -0.25) is 10.4 Å². The van der Waals surface area contributed by atoms with Crippen molar-refractivity contribution >= 4 is 49.8 Å². The van der Waals surface area contributed by atoms with Gasteiger partial charge in [-0.15, -0.1) is 0 Å². The topological polar surface area (TPSA) is 101 Å². The molecule has 56 heavy (non-hydrogen) atoms. The Labute approximate surface area is 331 Å². The largest absolute Gasteiger partial charge is 0.382 e. The highest BCUT2D eigenvalue weighted by Gasteiger charge is 2.21. The highest BCUT2D eigenvalue weighted by atomic mass is 15.0. The number of amidine groups is 1. The van der Waals surface area contributed by atoms with E-state index in [2.05, 4.69) is 108 Å². The molecule has 0 fully saturated rings. The van der Waals surface area contributed by atoms with Crippen molar-refractivity contribution in [2.45, 2.75) is 67.3 Å². The van der Waals surface area contributed by atoms with Gasteiger partial charge in [0.25, 0.3) is 0 Å². The van der Waals surface area contributed by atoms with E-state index in [4.69, 9.17) is 21.1 Å². The molecule has 2 aliphatic rings. The zero-order valence-electron chi connectivity index (χ0n) is 33.6. The molecule has 0 spiro atoms. The first-order valence-electron chi connectivity index (χ1n) is 19.7. The van der Waals surface area contributed by atoms with Gasteiger partial charge in [-0.05, 0) is 103 Å². The van der Waals surface area contributed by atoms with Crippen LogP contribution in [0.15, 0.2) is 145 Å². The third-order valence-corrected chi connectivity index (χ3v) is 9.25. The Hall–Kier alpha value is -6.58. The Morgan fingerprint density at radius 1 is 0.696 bits per heavy atom. The monoisotopic (exact) mass is 736 g/mol. The van der Waals surface area contributed by atoms with Crippen molar-refractivity contribution in [3.05, 3.63) is 173 Å². The first-order valence-corrected chi connectivity index (χ1v) is 19.7. The van der Waals surface area contributed by atoms with Gasteiger partial charge < -0.3 is 11.1 Å². The molecule has 0 bridgehead atoms. The standard InChI is InChI=1S/C25H16N4.C19H18N2.3C2H6/c26-25(27)24-13-9-20-15-18(7-11-23(20)29-24)17-6-10-22-19(14-17)8-12-21(28-22)16-4-2-1-3-5-16;1-13-7-8-15-9-10-16-11-12-17(14-5-3-2-4-6-14)21-19(16)18(15)20-13;3*1-2/h2,4-15H,(H3,26,27);2-10,17,21H,11-12H2,1H3;3*1-2H3. The summed E-state index contributed by atoms with van der Waals surface area (Å²) in [7, 11) is 0. The third-order valence-electron chi connectivity index (χ3n) is 9.25. The van der Waals surface area contributed by atoms with Crippen LogP contribution in [0.1, 0.15) is 82.2 Å². The minimum absolute atomic E-state index is 0.0242. The van der Waals surface area contributed by atoms with E-state index in [1.165, 1.54) is 22.2 Å². The van der Waals surface area contributed by atoms with Gasteiger partial charge in [0.05, 0.1) is 34.0 Å². The smallest absolute Gasteiger partial charge is 0.141 e. The van der Waals surface area contributed by atoms with Crippen molar-refractivity contribution in [2.24, 2.45) is 5.73 Å². The molecule has 4 heterocycles. The molecule has 3 aromatic heterocycles. The van der Waals surface area contributed by atoms with Crippen LogP contribution in [0.2, 0.25) is 0 Å². The molecule has 1 atom stereocenters. The summed E-state index contributed by atoms with van der Waals surface area (Å²) in [4.78, 5) is 14.0. The van der Waals surface area contributed by atoms with Crippen molar-refractivity contribution in [3.63, 3.8) is 0 Å². The number of rotatable bonds is 4. The number of anilines is 1. The Kier molecular flexibility index (Phi) is 14.3. The van der Waals surface area contributed by atoms with Crippen molar-refractivity contribution in [3.8, 4) is 11.1 Å². The van der Waals surface area contributed by atoms with Crippen molar-refractivity contribution in [1.29, 1.82) is 5.41 Å². The second-order valence-electron chi connectivity index (χ2n) is 12.6. The molecule has 0 amide bonds. The molecule has 7 aromatic rings. The fourth-order valence-corrected chi connectivity index (χ4v) is 6.61. The number of allylic oxidation sites excluding steroid dienone is 4. The van der Waals surface area contributed by atoms with Gasteiger partial charge in [0, 0.05) is 27.4 Å². The van der Waals surface area contributed by atoms with Gasteiger partial charge in [-0.2, -0.15) is 0 Å². The van der Waals surface area contributed by atoms with Crippen molar-refractivity contribution in [1.82, 2.24) is 15.0 Å². The predicted molar refractivity (Wildman–Crippen MR) is 239 cm³/mol. The average Bonchev–Trinajstić information content (AvgIpc) is 3.28. The van der Waals surface area contributed by atoms with E-state index in [9.17, 15) is 0 Å². The molecule has 1 aliphatic carbocycles. The van der Waals surface area contributed by atoms with Gasteiger partial charge in [-0.25, -0.2) is 9.97 Å². The molecule has 9 rings (SSSR count). The second-order valence-corrected chi connectivity index (χ2v) is 12.6. The zero-order chi connectivity index (χ0) is 40.0. The quantitative estimate of drug-likeness (QED) is 0.0949. The van der Waals surface area contributed by atoms with Crippen LogP contribution in [0.3, 0.4) is 0 Å². The Morgan fingerprint density at radius 3 is 2.00 bits per heavy atom. The highest BCUT2D eigenvalue weighted by molar-refractivity contribution is 5.96. The van der Waals surface area contributed by atoms with E-state index >= 15 is 0 Å². The number of fused-ring (bicyclic) bond motifs is 5. The summed E-state index contributed by atoms with van der Waals surface area (Å²) in [5.41, 5.74) is 24.0. The number of nitrogens with one attached hydrogen (secondary N) is 2. The minimum atomic E-state index is -0.0242. The summed E-state index contributed by atoms with van der Waals surface area (Å²) in [5, 5.41) is 14.6. The first kappa shape index (κ1) is 40.6. The molecular weight excluding hydrogens is 685 g/mol. The summed E-state index contributed by atoms with van der Waals surface area (Å²) >= 11 is 0. The fourth-order valence-electron chi connectivity index (χ4n) is 6.61. The van der Waals surface area contributed by atoms with Crippen LogP contribution in [0.5, 0.6) is 0 Å². The Balaban J connectivity index is 0.000000196. The van der Waals surface area contributed by atoms with E-state index in [-0.39, 0.29) is 5.84 Å². The Morgan fingerprint density at radius 2 is 1.34 bits per heavy atom. The summed E-state index contributed by atoms with van der Waals surface area (Å²) in [6, 6.07) is 40.0. The first-order chi connectivity index (χ1) is 27.5. The number of nitrogens with two attached hydrogens (primary N) is 1. The summed E-state index contributed by atoms with van der Waals surface area (Å²) in [6.45, 7) is 14.1. The average molecular weight is 737 g/mol. The lowest BCUT2D eigenvalue weighted by Gasteiger charge is -2.28. The lowest BCUT2D eigenvalue weighted by molar-refractivity contribution is 0.669. The molecule has 4 aromatic carbocycles. The molecule has 4 N–H and O–H groups in total. The van der Waals surface area contributed by atoms with Crippen LogP contribution < -0.4 is 11.1 Å². The van der Waals surface area contributed by atoms with Crippen LogP contribution in [0.4, 0.5) is 5.69 Å². The van der Waals surface area contributed by atoms with Gasteiger partial charge in [0.2, 0.25) is 0 Å². The maximum Gasteiger partial charge on any atom is 0.141 e. The van der Waals surface area contributed by atoms with Crippen LogP contribution in [-0.2, 0) is 6.42 Å². The molecule has 6 heteroatoms. The summed E-state index contributed by atoms with van der Waals surface area (Å²) in [6.07, 6.45) is 7.96. The summed E-state index contributed by atoms with van der Waals surface area (Å²) in [5.74, 6) is -0.0242. The maximum atomic E-state index is 7.54. The van der Waals surface area contributed by atoms with Gasteiger partial charge in [-0.1, -0.05) is 126 Å². The molecule has 0 saturated heterocycles. The lowest BCUT2D eigenvalue weighted by atomic mass is 9.92. The number of nitrogens with zero attached hydrogens (tertiary/aromatic N) is 3. The van der Waals surface area contributed by atoms with E-state index < -0.39 is 0 Å². The molecule has 282 valence electrons. The molecule has 0 saturated carbocycles. The molecular formula is C50H52N6. The molecule has 1 unspecified atom stereocenters. The fraction of sp³-hybridized carbons (Fsp3) is 0.200. The van der Waals surface area contributed by atoms with Crippen molar-refractivity contribution < 1.29 is 0 Å². The van der Waals surface area contributed by atoms with Gasteiger partial charge in [0.1, 0.15) is 11.5 Å². The number of hydrogen-bond acceptors (Lipinski definition) is 5. The number of aromatic nitrogens is 3. The van der Waals surface area contributed by atoms with Gasteiger partial charge >= 0.3 is 0 Å². The van der Waals surface area contributed by atoms with Gasteiger partial charge in [0.15, 0.2) is 0 Å². The predicted octanol–water partition coefficient (Wildman–Crippen LogP) is 12.7. The normalized spacial score (nSPS) is 13.3. The highest BCUT2D eigenvalue weighted by Crippen LogP contribution is 2.37. The minimum Gasteiger partial charge on any atom is -0.382 e. The van der Waals surface area contributed by atoms with Crippen LogP contribution in [0, 0.1) is 12.3 Å². The molecule has 0 radical (unpaired) electrons. The number of aryl methyl sites for hydroxylation is 2. The SMILES string of the molecule is CC.CC.CC.Cc1ccc2ccc3c(c2n1)NC(c1ccccc1)CC3.N=C(N)c1ccc2cc(-c3ccc4nc(C5=CC=C=C=C5)ccc4c3)ccc2n1. The molecule has 1 aliphatic heterocycles. The van der Waals surface area contributed by atoms with E-state index in [0.29, 0.717) is 11.7 Å². The van der Waals surface area contributed by atoms with Crippen LogP contribution in [0.25, 0.3) is 49.4 Å². The van der Waals surface area contributed by atoms with Crippen LogP contribution in [-0.4, -0.2) is 20.8 Å². The number of benzene rings is 4. The van der Waals surface area contributed by atoms with E-state index in [1.807, 2.05) is 90.1 Å². The van der Waals surface area contributed by atoms with E-state index in [0.717, 1.165) is 68.3 Å². The number of nitrogen functional groups attached to an aromatic ring is 1. The summed E-state index contributed by atoms with van der Waals surface area (Å²) < 4.78 is 0.